The van der Waals surface area contributed by atoms with Gasteiger partial charge in [-0.1, -0.05) is 33.6 Å². The van der Waals surface area contributed by atoms with Crippen LogP contribution in [0.4, 0.5) is 10.1 Å². The smallest absolute Gasteiger partial charge is 0.125 e. The Hall–Kier alpha value is -1.06. The molecule has 94 valence electrons. The van der Waals surface area contributed by atoms with Gasteiger partial charge in [0.2, 0.25) is 0 Å². The van der Waals surface area contributed by atoms with E-state index < -0.39 is 0 Å². The lowest BCUT2D eigenvalue weighted by Crippen LogP contribution is -2.02. The van der Waals surface area contributed by atoms with Gasteiger partial charge in [0.15, 0.2) is 0 Å². The third-order valence-corrected chi connectivity index (χ3v) is 3.69. The number of hydrogen-bond donors (Lipinski definition) is 1. The zero-order chi connectivity index (χ0) is 13.1. The summed E-state index contributed by atoms with van der Waals surface area (Å²) in [5, 5.41) is 3.90. The number of benzene rings is 2. The van der Waals surface area contributed by atoms with Crippen LogP contribution in [-0.2, 0) is 6.54 Å². The summed E-state index contributed by atoms with van der Waals surface area (Å²) in [6.07, 6.45) is 0. The van der Waals surface area contributed by atoms with Gasteiger partial charge in [0.25, 0.3) is 0 Å². The summed E-state index contributed by atoms with van der Waals surface area (Å²) in [5.74, 6) is -0.242. The molecule has 0 aliphatic rings. The second-order valence-corrected chi connectivity index (χ2v) is 5.34. The summed E-state index contributed by atoms with van der Waals surface area (Å²) in [4.78, 5) is 0. The molecule has 0 spiro atoms. The fourth-order valence-corrected chi connectivity index (χ4v) is 2.24. The summed E-state index contributed by atoms with van der Waals surface area (Å²) < 4.78 is 14.1. The monoisotopic (exact) mass is 327 g/mol. The van der Waals surface area contributed by atoms with Crippen LogP contribution in [0.5, 0.6) is 0 Å². The van der Waals surface area contributed by atoms with Crippen LogP contribution in [-0.4, -0.2) is 0 Å². The molecule has 1 nitrogen and oxygen atoms in total. The van der Waals surface area contributed by atoms with E-state index >= 15 is 0 Å². The standard InChI is InChI=1S/C14H12BrClFN/c1-9-2-4-12(17)7-14(9)18-8-10-6-11(16)3-5-13(10)15/h2-7,18H,8H2,1H3. The van der Waals surface area contributed by atoms with Crippen molar-refractivity contribution in [2.24, 2.45) is 0 Å². The number of halogens is 3. The summed E-state index contributed by atoms with van der Waals surface area (Å²) in [6.45, 7) is 2.53. The first-order valence-electron chi connectivity index (χ1n) is 5.50. The van der Waals surface area contributed by atoms with Crippen LogP contribution in [0.3, 0.4) is 0 Å². The van der Waals surface area contributed by atoms with Crippen molar-refractivity contribution in [3.8, 4) is 0 Å². The molecule has 0 heterocycles. The van der Waals surface area contributed by atoms with Gasteiger partial charge in [-0.15, -0.1) is 0 Å². The minimum Gasteiger partial charge on any atom is -0.381 e. The van der Waals surface area contributed by atoms with E-state index in [1.807, 2.05) is 25.1 Å². The number of nitrogens with one attached hydrogen (secondary N) is 1. The molecular weight excluding hydrogens is 317 g/mol. The van der Waals surface area contributed by atoms with E-state index in [2.05, 4.69) is 21.2 Å². The van der Waals surface area contributed by atoms with Gasteiger partial charge in [-0.2, -0.15) is 0 Å². The van der Waals surface area contributed by atoms with E-state index in [4.69, 9.17) is 11.6 Å². The van der Waals surface area contributed by atoms with Gasteiger partial charge >= 0.3 is 0 Å². The third-order valence-electron chi connectivity index (χ3n) is 2.68. The molecular formula is C14H12BrClFN. The first-order chi connectivity index (χ1) is 8.56. The molecule has 0 radical (unpaired) electrons. The lowest BCUT2D eigenvalue weighted by molar-refractivity contribution is 0.628. The molecule has 0 atom stereocenters. The van der Waals surface area contributed by atoms with Crippen molar-refractivity contribution in [2.75, 3.05) is 5.32 Å². The highest BCUT2D eigenvalue weighted by molar-refractivity contribution is 9.10. The Labute approximate surface area is 119 Å². The average molecular weight is 329 g/mol. The topological polar surface area (TPSA) is 12.0 Å². The van der Waals surface area contributed by atoms with E-state index in [1.165, 1.54) is 12.1 Å². The normalized spacial score (nSPS) is 10.4. The summed E-state index contributed by atoms with van der Waals surface area (Å²) >= 11 is 9.41. The summed E-state index contributed by atoms with van der Waals surface area (Å²) in [7, 11) is 0. The van der Waals surface area contributed by atoms with Gasteiger partial charge in [-0.3, -0.25) is 0 Å². The van der Waals surface area contributed by atoms with E-state index in [-0.39, 0.29) is 5.82 Å². The van der Waals surface area contributed by atoms with Crippen molar-refractivity contribution in [3.63, 3.8) is 0 Å². The molecule has 2 aromatic carbocycles. The molecule has 0 unspecified atom stereocenters. The Balaban J connectivity index is 2.16. The van der Waals surface area contributed by atoms with Crippen LogP contribution < -0.4 is 5.32 Å². The van der Waals surface area contributed by atoms with Gasteiger partial charge in [-0.25, -0.2) is 4.39 Å². The maximum Gasteiger partial charge on any atom is 0.125 e. The predicted octanol–water partition coefficient (Wildman–Crippen LogP) is 5.16. The van der Waals surface area contributed by atoms with Crippen molar-refractivity contribution in [2.45, 2.75) is 13.5 Å². The third kappa shape index (κ3) is 3.24. The van der Waals surface area contributed by atoms with E-state index in [0.717, 1.165) is 21.3 Å². The molecule has 1 N–H and O–H groups in total. The van der Waals surface area contributed by atoms with Gasteiger partial charge in [0.05, 0.1) is 0 Å². The van der Waals surface area contributed by atoms with E-state index in [1.54, 1.807) is 6.07 Å². The minimum absolute atomic E-state index is 0.242. The predicted molar refractivity (Wildman–Crippen MR) is 77.6 cm³/mol. The fraction of sp³-hybridized carbons (Fsp3) is 0.143. The highest BCUT2D eigenvalue weighted by Crippen LogP contribution is 2.23. The quantitative estimate of drug-likeness (QED) is 0.820. The lowest BCUT2D eigenvalue weighted by Gasteiger charge is -2.11. The van der Waals surface area contributed by atoms with Gasteiger partial charge < -0.3 is 5.32 Å². The Bertz CT molecular complexity index is 520. The largest absolute Gasteiger partial charge is 0.381 e. The molecule has 0 fully saturated rings. The first-order valence-corrected chi connectivity index (χ1v) is 6.67. The highest BCUT2D eigenvalue weighted by Gasteiger charge is 2.03. The molecule has 0 aliphatic carbocycles. The molecule has 2 aromatic rings. The number of rotatable bonds is 3. The van der Waals surface area contributed by atoms with Crippen LogP contribution in [0.15, 0.2) is 40.9 Å². The maximum absolute atomic E-state index is 13.1. The summed E-state index contributed by atoms with van der Waals surface area (Å²) in [6, 6.07) is 10.3. The molecule has 0 aromatic heterocycles. The molecule has 18 heavy (non-hydrogen) atoms. The molecule has 0 aliphatic heterocycles. The second kappa shape index (κ2) is 5.72. The van der Waals surface area contributed by atoms with Crippen LogP contribution >= 0.6 is 27.5 Å². The Morgan fingerprint density at radius 3 is 2.78 bits per heavy atom. The van der Waals surface area contributed by atoms with Crippen molar-refractivity contribution >= 4 is 33.2 Å². The highest BCUT2D eigenvalue weighted by atomic mass is 79.9. The Kier molecular flexibility index (Phi) is 4.25. The maximum atomic E-state index is 13.1. The first kappa shape index (κ1) is 13.4. The second-order valence-electron chi connectivity index (χ2n) is 4.05. The molecule has 0 bridgehead atoms. The van der Waals surface area contributed by atoms with E-state index in [9.17, 15) is 4.39 Å². The van der Waals surface area contributed by atoms with Crippen molar-refractivity contribution in [3.05, 3.63) is 62.8 Å². The number of hydrogen-bond acceptors (Lipinski definition) is 1. The number of aryl methyl sites for hydroxylation is 1. The molecule has 0 saturated heterocycles. The molecule has 4 heteroatoms. The van der Waals surface area contributed by atoms with Gasteiger partial charge in [-0.05, 0) is 48.4 Å². The zero-order valence-electron chi connectivity index (χ0n) is 9.81. The van der Waals surface area contributed by atoms with Crippen LogP contribution in [0.25, 0.3) is 0 Å². The Morgan fingerprint density at radius 2 is 2.00 bits per heavy atom. The van der Waals surface area contributed by atoms with Crippen LogP contribution in [0.1, 0.15) is 11.1 Å². The van der Waals surface area contributed by atoms with Gasteiger partial charge in [0.1, 0.15) is 5.82 Å². The summed E-state index contributed by atoms with van der Waals surface area (Å²) in [5.41, 5.74) is 2.84. The molecule has 0 amide bonds. The van der Waals surface area contributed by atoms with Gasteiger partial charge in [0, 0.05) is 21.7 Å². The SMILES string of the molecule is Cc1ccc(F)cc1NCc1cc(Cl)ccc1Br. The van der Waals surface area contributed by atoms with Crippen LogP contribution in [0, 0.1) is 12.7 Å². The lowest BCUT2D eigenvalue weighted by atomic mass is 10.1. The van der Waals surface area contributed by atoms with Crippen molar-refractivity contribution in [1.29, 1.82) is 0 Å². The molecule has 0 saturated carbocycles. The van der Waals surface area contributed by atoms with Crippen LogP contribution in [0.2, 0.25) is 5.02 Å². The van der Waals surface area contributed by atoms with Crippen molar-refractivity contribution in [1.82, 2.24) is 0 Å². The molecule has 2 rings (SSSR count). The van der Waals surface area contributed by atoms with Crippen molar-refractivity contribution < 1.29 is 4.39 Å². The number of anilines is 1. The average Bonchev–Trinajstić information content (AvgIpc) is 2.34. The Morgan fingerprint density at radius 1 is 1.22 bits per heavy atom. The van der Waals surface area contributed by atoms with E-state index in [0.29, 0.717) is 11.6 Å². The minimum atomic E-state index is -0.242. The fourth-order valence-electron chi connectivity index (χ4n) is 1.65. The zero-order valence-corrected chi connectivity index (χ0v) is 12.1.